The summed E-state index contributed by atoms with van der Waals surface area (Å²) in [6.07, 6.45) is 2.46. The second-order valence-corrected chi connectivity index (χ2v) is 5.08. The fourth-order valence-electron chi connectivity index (χ4n) is 2.49. The molecular formula is C13H24N2O5. The van der Waals surface area contributed by atoms with Crippen LogP contribution in [0.25, 0.3) is 0 Å². The maximum atomic E-state index is 12.2. The number of hydrogen-bond donors (Lipinski definition) is 3. The van der Waals surface area contributed by atoms with Crippen LogP contribution in [0.1, 0.15) is 25.7 Å². The zero-order chi connectivity index (χ0) is 15.0. The smallest absolute Gasteiger partial charge is 0.320 e. The van der Waals surface area contributed by atoms with E-state index in [1.807, 2.05) is 0 Å². The van der Waals surface area contributed by atoms with Gasteiger partial charge >= 0.3 is 12.0 Å². The number of hydrogen-bond acceptors (Lipinski definition) is 4. The van der Waals surface area contributed by atoms with Gasteiger partial charge < -0.3 is 25.1 Å². The largest absolute Gasteiger partial charge is 0.481 e. The number of likely N-dealkylation sites (tertiary alicyclic amines) is 1. The normalized spacial score (nSPS) is 16.2. The number of carbonyl (C=O) groups excluding carboxylic acids is 1. The molecule has 7 nitrogen and oxygen atoms in total. The van der Waals surface area contributed by atoms with Crippen molar-refractivity contribution in [2.75, 3.05) is 39.4 Å². The minimum Gasteiger partial charge on any atom is -0.481 e. The van der Waals surface area contributed by atoms with Gasteiger partial charge in [0, 0.05) is 32.6 Å². The SMILES string of the molecule is O=C(O)CCC1CCN(C(=O)N(CCO)CCO)CC1. The molecule has 0 radical (unpaired) electrons. The van der Waals surface area contributed by atoms with Crippen LogP contribution in [0, 0.1) is 5.92 Å². The van der Waals surface area contributed by atoms with E-state index < -0.39 is 5.97 Å². The molecule has 1 saturated heterocycles. The second kappa shape index (κ2) is 8.76. The molecule has 1 aliphatic heterocycles. The Labute approximate surface area is 118 Å². The van der Waals surface area contributed by atoms with Gasteiger partial charge in [-0.3, -0.25) is 4.79 Å². The molecule has 1 fully saturated rings. The molecular weight excluding hydrogens is 264 g/mol. The standard InChI is InChI=1S/C13H24N2O5/c16-9-7-15(8-10-17)13(20)14-5-3-11(4-6-14)1-2-12(18)19/h11,16-17H,1-10H2,(H,18,19). The lowest BCUT2D eigenvalue weighted by molar-refractivity contribution is -0.137. The highest BCUT2D eigenvalue weighted by molar-refractivity contribution is 5.74. The third-order valence-corrected chi connectivity index (χ3v) is 3.66. The van der Waals surface area contributed by atoms with Gasteiger partial charge in [-0.25, -0.2) is 4.79 Å². The van der Waals surface area contributed by atoms with Gasteiger partial charge in [-0.05, 0) is 25.2 Å². The molecule has 0 aromatic rings. The molecule has 0 aromatic carbocycles. The zero-order valence-corrected chi connectivity index (χ0v) is 11.7. The Morgan fingerprint density at radius 2 is 1.65 bits per heavy atom. The number of carbonyl (C=O) groups is 2. The van der Waals surface area contributed by atoms with Gasteiger partial charge in [0.05, 0.1) is 13.2 Å². The van der Waals surface area contributed by atoms with Crippen LogP contribution < -0.4 is 0 Å². The number of aliphatic hydroxyl groups excluding tert-OH is 2. The molecule has 0 unspecified atom stereocenters. The lowest BCUT2D eigenvalue weighted by Gasteiger charge is -2.35. The van der Waals surface area contributed by atoms with Crippen LogP contribution in [0.4, 0.5) is 4.79 Å². The topological polar surface area (TPSA) is 101 Å². The summed E-state index contributed by atoms with van der Waals surface area (Å²) in [5.74, 6) is -0.417. The molecule has 1 aliphatic rings. The first-order chi connectivity index (χ1) is 9.58. The van der Waals surface area contributed by atoms with Gasteiger partial charge in [0.1, 0.15) is 0 Å². The van der Waals surface area contributed by atoms with Crippen molar-refractivity contribution in [3.05, 3.63) is 0 Å². The van der Waals surface area contributed by atoms with Gasteiger partial charge in [-0.1, -0.05) is 0 Å². The Kier molecular flexibility index (Phi) is 7.32. The number of amides is 2. The highest BCUT2D eigenvalue weighted by atomic mass is 16.4. The van der Waals surface area contributed by atoms with E-state index >= 15 is 0 Å². The summed E-state index contributed by atoms with van der Waals surface area (Å²) in [6, 6.07) is -0.162. The van der Waals surface area contributed by atoms with Gasteiger partial charge in [-0.2, -0.15) is 0 Å². The summed E-state index contributed by atoms with van der Waals surface area (Å²) in [6.45, 7) is 1.41. The van der Waals surface area contributed by atoms with Crippen molar-refractivity contribution in [2.45, 2.75) is 25.7 Å². The molecule has 2 amide bonds. The molecule has 0 bridgehead atoms. The summed E-state index contributed by atoms with van der Waals surface area (Å²) in [5, 5.41) is 26.5. The van der Waals surface area contributed by atoms with Crippen LogP contribution in [0.15, 0.2) is 0 Å². The van der Waals surface area contributed by atoms with Crippen LogP contribution in [0.5, 0.6) is 0 Å². The van der Waals surface area contributed by atoms with Crippen molar-refractivity contribution >= 4 is 12.0 Å². The van der Waals surface area contributed by atoms with Crippen molar-refractivity contribution in [2.24, 2.45) is 5.92 Å². The second-order valence-electron chi connectivity index (χ2n) is 5.08. The summed E-state index contributed by atoms with van der Waals surface area (Å²) in [4.78, 5) is 25.9. The predicted molar refractivity (Wildman–Crippen MR) is 72.3 cm³/mol. The number of aliphatic hydroxyl groups is 2. The first-order valence-electron chi connectivity index (χ1n) is 7.05. The molecule has 20 heavy (non-hydrogen) atoms. The summed E-state index contributed by atoms with van der Waals surface area (Å²) in [7, 11) is 0. The van der Waals surface area contributed by atoms with Gasteiger partial charge in [0.15, 0.2) is 0 Å². The van der Waals surface area contributed by atoms with E-state index in [1.54, 1.807) is 4.90 Å². The van der Waals surface area contributed by atoms with Gasteiger partial charge in [0.25, 0.3) is 0 Å². The van der Waals surface area contributed by atoms with E-state index in [-0.39, 0.29) is 38.8 Å². The number of nitrogens with zero attached hydrogens (tertiary/aromatic N) is 2. The Bertz CT molecular complexity index is 310. The lowest BCUT2D eigenvalue weighted by atomic mass is 9.92. The Balaban J connectivity index is 2.39. The molecule has 0 aliphatic carbocycles. The number of piperidine rings is 1. The molecule has 3 N–H and O–H groups in total. The number of rotatable bonds is 7. The first-order valence-corrected chi connectivity index (χ1v) is 7.05. The van der Waals surface area contributed by atoms with Gasteiger partial charge in [0.2, 0.25) is 0 Å². The summed E-state index contributed by atoms with van der Waals surface area (Å²) < 4.78 is 0. The molecule has 7 heteroatoms. The minimum atomic E-state index is -0.777. The zero-order valence-electron chi connectivity index (χ0n) is 11.7. The number of urea groups is 1. The molecule has 1 rings (SSSR count). The van der Waals surface area contributed by atoms with Gasteiger partial charge in [-0.15, -0.1) is 0 Å². The predicted octanol–water partition coefficient (Wildman–Crippen LogP) is -0.0302. The van der Waals surface area contributed by atoms with Crippen LogP contribution in [0.3, 0.4) is 0 Å². The van der Waals surface area contributed by atoms with Crippen molar-refractivity contribution in [3.8, 4) is 0 Å². The van der Waals surface area contributed by atoms with Crippen LogP contribution in [-0.4, -0.2) is 76.5 Å². The van der Waals surface area contributed by atoms with Crippen molar-refractivity contribution < 1.29 is 24.9 Å². The lowest BCUT2D eigenvalue weighted by Crippen LogP contribution is -2.48. The molecule has 0 aromatic heterocycles. The Morgan fingerprint density at radius 3 is 2.10 bits per heavy atom. The quantitative estimate of drug-likeness (QED) is 0.610. The third-order valence-electron chi connectivity index (χ3n) is 3.66. The van der Waals surface area contributed by atoms with Crippen LogP contribution >= 0.6 is 0 Å². The fourth-order valence-corrected chi connectivity index (χ4v) is 2.49. The molecule has 1 heterocycles. The minimum absolute atomic E-state index is 0.124. The van der Waals surface area contributed by atoms with E-state index in [4.69, 9.17) is 15.3 Å². The number of carboxylic acids is 1. The maximum absolute atomic E-state index is 12.2. The third kappa shape index (κ3) is 5.34. The highest BCUT2D eigenvalue weighted by Gasteiger charge is 2.26. The molecule has 0 saturated carbocycles. The monoisotopic (exact) mass is 288 g/mol. The van der Waals surface area contributed by atoms with Crippen molar-refractivity contribution in [1.82, 2.24) is 9.80 Å². The maximum Gasteiger partial charge on any atom is 0.320 e. The molecule has 116 valence electrons. The molecule has 0 spiro atoms. The number of carboxylic acid groups (broad SMARTS) is 1. The van der Waals surface area contributed by atoms with E-state index in [0.29, 0.717) is 25.4 Å². The van der Waals surface area contributed by atoms with Crippen molar-refractivity contribution in [1.29, 1.82) is 0 Å². The first kappa shape index (κ1) is 16.7. The van der Waals surface area contributed by atoms with E-state index in [2.05, 4.69) is 0 Å². The fraction of sp³-hybridized carbons (Fsp3) is 0.846. The summed E-state index contributed by atoms with van der Waals surface area (Å²) >= 11 is 0. The van der Waals surface area contributed by atoms with E-state index in [1.165, 1.54) is 4.90 Å². The average molecular weight is 288 g/mol. The molecule has 0 atom stereocenters. The average Bonchev–Trinajstić information content (AvgIpc) is 2.44. The van der Waals surface area contributed by atoms with Crippen LogP contribution in [-0.2, 0) is 4.79 Å². The summed E-state index contributed by atoms with van der Waals surface area (Å²) in [5.41, 5.74) is 0. The van der Waals surface area contributed by atoms with E-state index in [0.717, 1.165) is 12.8 Å². The van der Waals surface area contributed by atoms with Crippen molar-refractivity contribution in [3.63, 3.8) is 0 Å². The Morgan fingerprint density at radius 1 is 1.10 bits per heavy atom. The number of aliphatic carboxylic acids is 1. The van der Waals surface area contributed by atoms with E-state index in [9.17, 15) is 9.59 Å². The van der Waals surface area contributed by atoms with Crippen LogP contribution in [0.2, 0.25) is 0 Å². The Hall–Kier alpha value is -1.34. The highest BCUT2D eigenvalue weighted by Crippen LogP contribution is 2.22.